The van der Waals surface area contributed by atoms with Crippen molar-refractivity contribution >= 4 is 28.4 Å². The third kappa shape index (κ3) is 4.49. The molecule has 11 heteroatoms. The molecule has 182 valence electrons. The molecule has 1 aliphatic carbocycles. The number of rotatable bonds is 5. The van der Waals surface area contributed by atoms with E-state index in [1.54, 1.807) is 18.3 Å². The maximum Gasteiger partial charge on any atom is 0.419 e. The first-order valence-electron chi connectivity index (χ1n) is 11.4. The van der Waals surface area contributed by atoms with E-state index in [0.29, 0.717) is 22.2 Å². The molecule has 0 spiro atoms. The zero-order valence-electron chi connectivity index (χ0n) is 18.7. The van der Waals surface area contributed by atoms with Gasteiger partial charge in [-0.05, 0) is 44.2 Å². The zero-order valence-corrected chi connectivity index (χ0v) is 18.7. The fourth-order valence-electron chi connectivity index (χ4n) is 4.68. The van der Waals surface area contributed by atoms with Crippen molar-refractivity contribution < 1.29 is 22.7 Å². The minimum Gasteiger partial charge on any atom is -0.453 e. The molecule has 8 nitrogen and oxygen atoms in total. The Labute approximate surface area is 194 Å². The van der Waals surface area contributed by atoms with E-state index >= 15 is 0 Å². The normalized spacial score (nSPS) is 23.2. The topological polar surface area (TPSA) is 103 Å². The number of carbonyl (C=O) groups excluding carboxylic acids is 1. The van der Waals surface area contributed by atoms with E-state index in [1.807, 2.05) is 0 Å². The van der Waals surface area contributed by atoms with E-state index in [1.165, 1.54) is 7.11 Å². The standard InChI is InChI=1S/C23H27F3N6O2/c1-34-22(33)31-17-7-6-14-15(10-28-20(14)18(17)12-4-5-12)19-16(23(24,25)26)11-29-21(32-19)30-13-3-2-8-27-9-13/h6-7,10-13,21,27-30H,2-5,8-9H2,1H3,(H,31,33). The number of nitrogens with zero attached hydrogens (tertiary/aromatic N) is 1. The summed E-state index contributed by atoms with van der Waals surface area (Å²) in [7, 11) is 1.28. The van der Waals surface area contributed by atoms with Gasteiger partial charge in [0, 0.05) is 47.2 Å². The number of carbonyl (C=O) groups is 1. The monoisotopic (exact) mass is 476 g/mol. The lowest BCUT2D eigenvalue weighted by atomic mass is 9.97. The molecule has 5 N–H and O–H groups in total. The number of hydrogen-bond donors (Lipinski definition) is 5. The van der Waals surface area contributed by atoms with E-state index in [2.05, 4.69) is 31.2 Å². The Morgan fingerprint density at radius 2 is 2.06 bits per heavy atom. The van der Waals surface area contributed by atoms with Crippen molar-refractivity contribution in [1.29, 1.82) is 0 Å². The van der Waals surface area contributed by atoms with Crippen LogP contribution in [0.1, 0.15) is 42.7 Å². The van der Waals surface area contributed by atoms with E-state index in [4.69, 9.17) is 4.74 Å². The van der Waals surface area contributed by atoms with Gasteiger partial charge in [-0.3, -0.25) is 10.6 Å². The Bertz CT molecular complexity index is 1150. The molecule has 1 saturated heterocycles. The van der Waals surface area contributed by atoms with Gasteiger partial charge in [-0.25, -0.2) is 9.79 Å². The third-order valence-corrected chi connectivity index (χ3v) is 6.45. The van der Waals surface area contributed by atoms with Crippen molar-refractivity contribution in [3.63, 3.8) is 0 Å². The molecule has 1 amide bonds. The van der Waals surface area contributed by atoms with Gasteiger partial charge in [0.05, 0.1) is 23.9 Å². The first kappa shape index (κ1) is 22.7. The Morgan fingerprint density at radius 3 is 2.74 bits per heavy atom. The molecule has 0 bridgehead atoms. The fourth-order valence-corrected chi connectivity index (χ4v) is 4.68. The molecule has 2 atom stereocenters. The number of allylic oxidation sites excluding steroid dienone is 1. The number of methoxy groups -OCH3 is 1. The highest BCUT2D eigenvalue weighted by atomic mass is 19.4. The smallest absolute Gasteiger partial charge is 0.419 e. The number of halogens is 3. The van der Waals surface area contributed by atoms with E-state index in [-0.39, 0.29) is 17.7 Å². The van der Waals surface area contributed by atoms with Gasteiger partial charge in [-0.15, -0.1) is 0 Å². The summed E-state index contributed by atoms with van der Waals surface area (Å²) in [4.78, 5) is 19.4. The predicted octanol–water partition coefficient (Wildman–Crippen LogP) is 3.69. The van der Waals surface area contributed by atoms with Crippen LogP contribution in [0.15, 0.2) is 35.1 Å². The Balaban J connectivity index is 1.54. The van der Waals surface area contributed by atoms with Crippen LogP contribution in [0.4, 0.5) is 23.7 Å². The number of ether oxygens (including phenoxy) is 1. The number of amides is 1. The highest BCUT2D eigenvalue weighted by Gasteiger charge is 2.41. The quantitative estimate of drug-likeness (QED) is 0.453. The number of nitrogens with one attached hydrogen (secondary N) is 5. The molecular formula is C23H27F3N6O2. The highest BCUT2D eigenvalue weighted by molar-refractivity contribution is 6.20. The number of hydrogen-bond acceptors (Lipinski definition) is 6. The summed E-state index contributed by atoms with van der Waals surface area (Å²) in [5.41, 5.74) is 1.62. The molecule has 5 rings (SSSR count). The predicted molar refractivity (Wildman–Crippen MR) is 123 cm³/mol. The summed E-state index contributed by atoms with van der Waals surface area (Å²) in [6, 6.07) is 3.55. The maximum atomic E-state index is 13.9. The van der Waals surface area contributed by atoms with Gasteiger partial charge in [0.15, 0.2) is 6.29 Å². The molecule has 2 aromatic rings. The van der Waals surface area contributed by atoms with Crippen molar-refractivity contribution in [2.24, 2.45) is 4.99 Å². The first-order valence-corrected chi connectivity index (χ1v) is 11.4. The Hall–Kier alpha value is -3.05. The number of fused-ring (bicyclic) bond motifs is 1. The van der Waals surface area contributed by atoms with E-state index in [0.717, 1.165) is 50.5 Å². The lowest BCUT2D eigenvalue weighted by molar-refractivity contribution is -0.0867. The molecule has 3 aliphatic rings. The van der Waals surface area contributed by atoms with Crippen LogP contribution in [0.25, 0.3) is 10.9 Å². The summed E-state index contributed by atoms with van der Waals surface area (Å²) in [5, 5.41) is 12.7. The molecule has 1 aromatic heterocycles. The van der Waals surface area contributed by atoms with Crippen molar-refractivity contribution in [2.45, 2.75) is 50.1 Å². The van der Waals surface area contributed by atoms with Crippen molar-refractivity contribution in [3.8, 4) is 0 Å². The third-order valence-electron chi connectivity index (χ3n) is 6.45. The number of aromatic amines is 1. The van der Waals surface area contributed by atoms with E-state index in [9.17, 15) is 18.0 Å². The van der Waals surface area contributed by atoms with Gasteiger partial charge in [0.2, 0.25) is 0 Å². The summed E-state index contributed by atoms with van der Waals surface area (Å²) < 4.78 is 46.5. The number of aliphatic imine (C=N–C) groups is 1. The number of piperidine rings is 1. The van der Waals surface area contributed by atoms with Gasteiger partial charge >= 0.3 is 12.3 Å². The first-order chi connectivity index (χ1) is 16.3. The molecule has 2 unspecified atom stereocenters. The van der Waals surface area contributed by atoms with Crippen molar-refractivity contribution in [2.75, 3.05) is 25.5 Å². The second-order valence-corrected chi connectivity index (χ2v) is 8.86. The SMILES string of the molecule is COC(=O)Nc1ccc2c(C3=NC(NC4CCCNC4)NC=C3C(F)(F)F)c[nH]c2c1C1CC1. The largest absolute Gasteiger partial charge is 0.453 e. The van der Waals surface area contributed by atoms with Crippen LogP contribution < -0.4 is 21.3 Å². The second-order valence-electron chi connectivity index (χ2n) is 8.86. The average Bonchev–Trinajstić information content (AvgIpc) is 3.56. The average molecular weight is 477 g/mol. The van der Waals surface area contributed by atoms with Crippen LogP contribution in [0.2, 0.25) is 0 Å². The summed E-state index contributed by atoms with van der Waals surface area (Å²) in [6.45, 7) is 1.68. The molecule has 1 aromatic carbocycles. The van der Waals surface area contributed by atoms with Crippen molar-refractivity contribution in [3.05, 3.63) is 41.2 Å². The summed E-state index contributed by atoms with van der Waals surface area (Å²) in [6.07, 6.45) is 0.568. The number of alkyl halides is 3. The minimum absolute atomic E-state index is 0.116. The van der Waals surface area contributed by atoms with Crippen LogP contribution in [-0.2, 0) is 4.74 Å². The minimum atomic E-state index is -4.57. The number of anilines is 1. The van der Waals surface area contributed by atoms with Gasteiger partial charge in [0.1, 0.15) is 0 Å². The molecular weight excluding hydrogens is 449 g/mol. The second kappa shape index (κ2) is 8.95. The van der Waals surface area contributed by atoms with Gasteiger partial charge in [-0.1, -0.05) is 6.07 Å². The summed E-state index contributed by atoms with van der Waals surface area (Å²) >= 11 is 0. The van der Waals surface area contributed by atoms with Gasteiger partial charge in [-0.2, -0.15) is 13.2 Å². The fraction of sp³-hybridized carbons (Fsp3) is 0.478. The lowest BCUT2D eigenvalue weighted by Crippen LogP contribution is -2.52. The highest BCUT2D eigenvalue weighted by Crippen LogP contribution is 2.47. The molecule has 3 heterocycles. The van der Waals surface area contributed by atoms with E-state index < -0.39 is 24.1 Å². The van der Waals surface area contributed by atoms with Crippen molar-refractivity contribution in [1.82, 2.24) is 20.9 Å². The van der Waals surface area contributed by atoms with Crippen LogP contribution >= 0.6 is 0 Å². The summed E-state index contributed by atoms with van der Waals surface area (Å²) in [5.74, 6) is 0.225. The van der Waals surface area contributed by atoms with Gasteiger partial charge in [0.25, 0.3) is 0 Å². The number of aromatic nitrogens is 1. The molecule has 2 aliphatic heterocycles. The van der Waals surface area contributed by atoms with Crippen LogP contribution in [0, 0.1) is 0 Å². The van der Waals surface area contributed by atoms with Crippen LogP contribution in [0.5, 0.6) is 0 Å². The molecule has 34 heavy (non-hydrogen) atoms. The lowest BCUT2D eigenvalue weighted by Gasteiger charge is -2.30. The Kier molecular flexibility index (Phi) is 5.98. The molecule has 2 fully saturated rings. The molecule has 0 radical (unpaired) electrons. The number of benzene rings is 1. The van der Waals surface area contributed by atoms with Crippen LogP contribution in [-0.4, -0.2) is 55.5 Å². The zero-order chi connectivity index (χ0) is 23.9. The maximum absolute atomic E-state index is 13.9. The Morgan fingerprint density at radius 1 is 1.24 bits per heavy atom. The molecule has 1 saturated carbocycles. The van der Waals surface area contributed by atoms with Gasteiger partial charge < -0.3 is 20.4 Å². The van der Waals surface area contributed by atoms with Crippen LogP contribution in [0.3, 0.4) is 0 Å². The number of H-pyrrole nitrogens is 1.